The highest BCUT2D eigenvalue weighted by Crippen LogP contribution is 2.23. The topological polar surface area (TPSA) is 20.3 Å². The maximum absolute atomic E-state index is 13.6. The van der Waals surface area contributed by atoms with Gasteiger partial charge in [0.25, 0.3) is 5.91 Å². The van der Waals surface area contributed by atoms with E-state index in [9.17, 15) is 13.6 Å². The number of carbonyl (C=O) groups is 1. The van der Waals surface area contributed by atoms with Crippen molar-refractivity contribution in [3.8, 4) is 0 Å². The molecule has 100 valence electrons. The average molecular weight is 341 g/mol. The largest absolute Gasteiger partial charge is 0.336 e. The van der Waals surface area contributed by atoms with E-state index in [0.717, 1.165) is 12.1 Å². The second-order valence-electron chi connectivity index (χ2n) is 4.56. The maximum Gasteiger partial charge on any atom is 0.257 e. The SMILES string of the molecule is CN(C(=O)c1cc(F)c(Cl)cc1F)C(C)(C)CBr. The van der Waals surface area contributed by atoms with Gasteiger partial charge in [-0.1, -0.05) is 27.5 Å². The first-order valence-electron chi connectivity index (χ1n) is 5.19. The Balaban J connectivity index is 3.16. The highest BCUT2D eigenvalue weighted by atomic mass is 79.9. The van der Waals surface area contributed by atoms with Gasteiger partial charge in [-0.25, -0.2) is 8.78 Å². The first kappa shape index (κ1) is 15.4. The van der Waals surface area contributed by atoms with Crippen molar-refractivity contribution in [2.45, 2.75) is 19.4 Å². The molecule has 1 amide bonds. The van der Waals surface area contributed by atoms with Crippen molar-refractivity contribution in [3.05, 3.63) is 34.4 Å². The van der Waals surface area contributed by atoms with Crippen LogP contribution < -0.4 is 0 Å². The fraction of sp³-hybridized carbons (Fsp3) is 0.417. The minimum Gasteiger partial charge on any atom is -0.336 e. The van der Waals surface area contributed by atoms with Gasteiger partial charge in [0.1, 0.15) is 11.6 Å². The molecule has 0 aromatic heterocycles. The van der Waals surface area contributed by atoms with Gasteiger partial charge in [-0.05, 0) is 26.0 Å². The van der Waals surface area contributed by atoms with E-state index in [4.69, 9.17) is 11.6 Å². The second-order valence-corrected chi connectivity index (χ2v) is 5.52. The lowest BCUT2D eigenvalue weighted by molar-refractivity contribution is 0.0658. The summed E-state index contributed by atoms with van der Waals surface area (Å²) in [6.07, 6.45) is 0. The molecule has 0 radical (unpaired) electrons. The molecule has 0 unspecified atom stereocenters. The molecule has 0 N–H and O–H groups in total. The van der Waals surface area contributed by atoms with Gasteiger partial charge in [0, 0.05) is 17.9 Å². The molecule has 6 heteroatoms. The quantitative estimate of drug-likeness (QED) is 0.604. The minimum absolute atomic E-state index is 0.326. The average Bonchev–Trinajstić information content (AvgIpc) is 2.32. The maximum atomic E-state index is 13.6. The van der Waals surface area contributed by atoms with Crippen LogP contribution in [-0.2, 0) is 0 Å². The van der Waals surface area contributed by atoms with Crippen LogP contribution in [0.3, 0.4) is 0 Å². The van der Waals surface area contributed by atoms with E-state index in [-0.39, 0.29) is 10.6 Å². The summed E-state index contributed by atoms with van der Waals surface area (Å²) in [6, 6.07) is 1.62. The van der Waals surface area contributed by atoms with E-state index in [2.05, 4.69) is 15.9 Å². The molecule has 0 saturated heterocycles. The molecule has 1 rings (SSSR count). The van der Waals surface area contributed by atoms with E-state index in [1.165, 1.54) is 11.9 Å². The van der Waals surface area contributed by atoms with Crippen LogP contribution in [0.2, 0.25) is 5.02 Å². The predicted molar refractivity (Wildman–Crippen MR) is 71.3 cm³/mol. The van der Waals surface area contributed by atoms with Crippen LogP contribution >= 0.6 is 27.5 Å². The lowest BCUT2D eigenvalue weighted by Gasteiger charge is -2.34. The summed E-state index contributed by atoms with van der Waals surface area (Å²) in [5, 5.41) is 0.173. The van der Waals surface area contributed by atoms with Crippen LogP contribution in [0.25, 0.3) is 0 Å². The van der Waals surface area contributed by atoms with Gasteiger partial charge in [0.2, 0.25) is 0 Å². The molecule has 1 aromatic rings. The van der Waals surface area contributed by atoms with Crippen LogP contribution in [-0.4, -0.2) is 28.7 Å². The number of nitrogens with zero attached hydrogens (tertiary/aromatic N) is 1. The molecular weight excluding hydrogens is 327 g/mol. The van der Waals surface area contributed by atoms with Gasteiger partial charge in [-0.2, -0.15) is 0 Å². The summed E-state index contributed by atoms with van der Waals surface area (Å²) in [7, 11) is 1.54. The van der Waals surface area contributed by atoms with Gasteiger partial charge in [0.15, 0.2) is 0 Å². The molecule has 0 heterocycles. The highest BCUT2D eigenvalue weighted by molar-refractivity contribution is 9.09. The summed E-state index contributed by atoms with van der Waals surface area (Å²) in [6.45, 7) is 3.62. The van der Waals surface area contributed by atoms with Crippen LogP contribution in [0.1, 0.15) is 24.2 Å². The Morgan fingerprint density at radius 2 is 1.94 bits per heavy atom. The fourth-order valence-electron chi connectivity index (χ4n) is 1.23. The Hall–Kier alpha value is -0.680. The zero-order chi connectivity index (χ0) is 14.1. The van der Waals surface area contributed by atoms with Gasteiger partial charge in [0.05, 0.1) is 10.6 Å². The number of amides is 1. The van der Waals surface area contributed by atoms with Crippen molar-refractivity contribution < 1.29 is 13.6 Å². The molecule has 0 aliphatic rings. The van der Waals surface area contributed by atoms with Gasteiger partial charge >= 0.3 is 0 Å². The zero-order valence-corrected chi connectivity index (χ0v) is 12.6. The summed E-state index contributed by atoms with van der Waals surface area (Å²) < 4.78 is 26.9. The molecule has 0 bridgehead atoms. The van der Waals surface area contributed by atoms with Gasteiger partial charge < -0.3 is 4.90 Å². The third kappa shape index (κ3) is 3.01. The molecule has 0 spiro atoms. The van der Waals surface area contributed by atoms with E-state index < -0.39 is 23.1 Å². The third-order valence-electron chi connectivity index (χ3n) is 2.78. The summed E-state index contributed by atoms with van der Waals surface area (Å²) in [4.78, 5) is 13.4. The van der Waals surface area contributed by atoms with Crippen molar-refractivity contribution in [1.82, 2.24) is 4.90 Å². The van der Waals surface area contributed by atoms with Crippen LogP contribution in [0.5, 0.6) is 0 Å². The smallest absolute Gasteiger partial charge is 0.257 e. The number of alkyl halides is 1. The zero-order valence-electron chi connectivity index (χ0n) is 10.2. The Labute approximate surface area is 118 Å². The monoisotopic (exact) mass is 339 g/mol. The third-order valence-corrected chi connectivity index (χ3v) is 4.44. The van der Waals surface area contributed by atoms with Crippen LogP contribution in [0.4, 0.5) is 8.78 Å². The molecular formula is C12H13BrClF2NO. The van der Waals surface area contributed by atoms with Crippen molar-refractivity contribution in [2.75, 3.05) is 12.4 Å². The lowest BCUT2D eigenvalue weighted by atomic mass is 10.0. The van der Waals surface area contributed by atoms with Crippen molar-refractivity contribution >= 4 is 33.4 Å². The van der Waals surface area contributed by atoms with Crippen LogP contribution in [0.15, 0.2) is 12.1 Å². The Morgan fingerprint density at radius 3 is 2.44 bits per heavy atom. The molecule has 0 fully saturated rings. The molecule has 0 aliphatic heterocycles. The number of rotatable bonds is 3. The van der Waals surface area contributed by atoms with Gasteiger partial charge in [-0.3, -0.25) is 4.79 Å². The van der Waals surface area contributed by atoms with E-state index in [1.54, 1.807) is 0 Å². The van der Waals surface area contributed by atoms with Gasteiger partial charge in [-0.15, -0.1) is 0 Å². The standard InChI is InChI=1S/C12H13BrClF2NO/c1-12(2,6-13)17(3)11(18)7-4-10(16)8(14)5-9(7)15/h4-5H,6H2,1-3H3. The number of benzene rings is 1. The van der Waals surface area contributed by atoms with E-state index >= 15 is 0 Å². The molecule has 2 nitrogen and oxygen atoms in total. The molecule has 18 heavy (non-hydrogen) atoms. The summed E-state index contributed by atoms with van der Waals surface area (Å²) in [5.74, 6) is -2.23. The Bertz CT molecular complexity index is 479. The van der Waals surface area contributed by atoms with Crippen molar-refractivity contribution in [1.29, 1.82) is 0 Å². The number of halogens is 4. The van der Waals surface area contributed by atoms with Crippen molar-refractivity contribution in [2.24, 2.45) is 0 Å². The Kier molecular flexibility index (Phi) is 4.72. The van der Waals surface area contributed by atoms with E-state index in [0.29, 0.717) is 5.33 Å². The second kappa shape index (κ2) is 5.53. The summed E-state index contributed by atoms with van der Waals surface area (Å²) in [5.41, 5.74) is -0.840. The summed E-state index contributed by atoms with van der Waals surface area (Å²) >= 11 is 8.71. The van der Waals surface area contributed by atoms with Crippen molar-refractivity contribution in [3.63, 3.8) is 0 Å². The normalized spacial score (nSPS) is 11.5. The predicted octanol–water partition coefficient (Wildman–Crippen LogP) is 3.86. The van der Waals surface area contributed by atoms with E-state index in [1.807, 2.05) is 13.8 Å². The molecule has 0 atom stereocenters. The lowest BCUT2D eigenvalue weighted by Crippen LogP contribution is -2.46. The minimum atomic E-state index is -0.830. The number of carbonyl (C=O) groups excluding carboxylic acids is 1. The first-order chi connectivity index (χ1) is 8.20. The van der Waals surface area contributed by atoms with Crippen LogP contribution in [0, 0.1) is 11.6 Å². The highest BCUT2D eigenvalue weighted by Gasteiger charge is 2.29. The molecule has 1 aromatic carbocycles. The first-order valence-corrected chi connectivity index (χ1v) is 6.69. The number of hydrogen-bond donors (Lipinski definition) is 0. The Morgan fingerprint density at radius 1 is 1.39 bits per heavy atom. The fourth-order valence-corrected chi connectivity index (χ4v) is 1.76. The number of hydrogen-bond acceptors (Lipinski definition) is 1. The molecule has 0 saturated carbocycles. The molecule has 0 aliphatic carbocycles.